The molecule has 1 amide bonds. The predicted octanol–water partition coefficient (Wildman–Crippen LogP) is 2.71. The van der Waals surface area contributed by atoms with Crippen LogP contribution >= 0.6 is 11.6 Å². The molecule has 7 nitrogen and oxygen atoms in total. The number of anilines is 1. The number of halogens is 1. The Hall–Kier alpha value is -2.42. The predicted molar refractivity (Wildman–Crippen MR) is 105 cm³/mol. The number of hydrogen-bond donors (Lipinski definition) is 2. The number of aryl methyl sites for hydroxylation is 1. The summed E-state index contributed by atoms with van der Waals surface area (Å²) in [6.07, 6.45) is 4.20. The van der Waals surface area contributed by atoms with E-state index in [-0.39, 0.29) is 22.4 Å². The highest BCUT2D eigenvalue weighted by Gasteiger charge is 2.16. The molecule has 2 heterocycles. The zero-order valence-electron chi connectivity index (χ0n) is 14.9. The van der Waals surface area contributed by atoms with Crippen molar-refractivity contribution in [3.05, 3.63) is 53.3 Å². The van der Waals surface area contributed by atoms with Gasteiger partial charge in [0, 0.05) is 38.3 Å². The fourth-order valence-electron chi connectivity index (χ4n) is 2.85. The molecule has 0 aliphatic rings. The molecule has 0 radical (unpaired) electrons. The second-order valence-electron chi connectivity index (χ2n) is 6.11. The second-order valence-corrected chi connectivity index (χ2v) is 8.28. The van der Waals surface area contributed by atoms with Gasteiger partial charge in [-0.15, -0.1) is 0 Å². The van der Waals surface area contributed by atoms with Gasteiger partial charge in [0.15, 0.2) is 0 Å². The number of carbonyl (C=O) groups excluding carboxylic acids is 1. The SMILES string of the molecule is CC(=O)Nc1ccc(S(=O)(=O)NCCc2cn(C)c3ncccc23)cc1Cl. The van der Waals surface area contributed by atoms with Crippen molar-refractivity contribution in [3.8, 4) is 0 Å². The van der Waals surface area contributed by atoms with E-state index in [9.17, 15) is 13.2 Å². The lowest BCUT2D eigenvalue weighted by atomic mass is 10.2. The molecule has 1 aromatic carbocycles. The largest absolute Gasteiger partial charge is 0.335 e. The van der Waals surface area contributed by atoms with Crippen LogP contribution in [0.1, 0.15) is 12.5 Å². The van der Waals surface area contributed by atoms with E-state index in [1.165, 1.54) is 25.1 Å². The van der Waals surface area contributed by atoms with Crippen molar-refractivity contribution < 1.29 is 13.2 Å². The Labute approximate surface area is 162 Å². The van der Waals surface area contributed by atoms with Gasteiger partial charge >= 0.3 is 0 Å². The van der Waals surface area contributed by atoms with Crippen LogP contribution < -0.4 is 10.0 Å². The van der Waals surface area contributed by atoms with Crippen LogP contribution in [0.3, 0.4) is 0 Å². The van der Waals surface area contributed by atoms with Gasteiger partial charge in [-0.2, -0.15) is 0 Å². The Bertz CT molecular complexity index is 1110. The van der Waals surface area contributed by atoms with Gasteiger partial charge in [-0.05, 0) is 42.3 Å². The van der Waals surface area contributed by atoms with E-state index in [0.717, 1.165) is 16.6 Å². The highest BCUT2D eigenvalue weighted by Crippen LogP contribution is 2.25. The van der Waals surface area contributed by atoms with Crippen molar-refractivity contribution in [2.75, 3.05) is 11.9 Å². The molecule has 0 aliphatic heterocycles. The summed E-state index contributed by atoms with van der Waals surface area (Å²) in [7, 11) is -1.81. The number of rotatable bonds is 6. The maximum atomic E-state index is 12.5. The van der Waals surface area contributed by atoms with Crippen LogP contribution in [0, 0.1) is 0 Å². The van der Waals surface area contributed by atoms with E-state index in [4.69, 9.17) is 11.6 Å². The minimum atomic E-state index is -3.71. The van der Waals surface area contributed by atoms with Crippen molar-refractivity contribution in [1.82, 2.24) is 14.3 Å². The number of carbonyl (C=O) groups is 1. The minimum absolute atomic E-state index is 0.0428. The molecule has 3 aromatic rings. The Kier molecular flexibility index (Phi) is 5.50. The molecule has 0 atom stereocenters. The Morgan fingerprint density at radius 1 is 1.30 bits per heavy atom. The molecule has 9 heteroatoms. The average molecular weight is 407 g/mol. The monoisotopic (exact) mass is 406 g/mol. The molecule has 0 saturated carbocycles. The van der Waals surface area contributed by atoms with Gasteiger partial charge in [0.25, 0.3) is 0 Å². The molecule has 3 rings (SSSR count). The van der Waals surface area contributed by atoms with Crippen molar-refractivity contribution in [2.24, 2.45) is 7.05 Å². The van der Waals surface area contributed by atoms with E-state index in [1.807, 2.05) is 29.9 Å². The van der Waals surface area contributed by atoms with Gasteiger partial charge in [-0.3, -0.25) is 4.79 Å². The summed E-state index contributed by atoms with van der Waals surface area (Å²) >= 11 is 6.06. The lowest BCUT2D eigenvalue weighted by molar-refractivity contribution is -0.114. The lowest BCUT2D eigenvalue weighted by Crippen LogP contribution is -2.26. The van der Waals surface area contributed by atoms with E-state index in [2.05, 4.69) is 15.0 Å². The number of amides is 1. The van der Waals surface area contributed by atoms with E-state index < -0.39 is 10.0 Å². The topological polar surface area (TPSA) is 93.1 Å². The van der Waals surface area contributed by atoms with Gasteiger partial charge in [-0.1, -0.05) is 11.6 Å². The van der Waals surface area contributed by atoms with Crippen LogP contribution in [0.5, 0.6) is 0 Å². The maximum Gasteiger partial charge on any atom is 0.240 e. The number of fused-ring (bicyclic) bond motifs is 1. The second kappa shape index (κ2) is 7.67. The molecule has 0 bridgehead atoms. The van der Waals surface area contributed by atoms with Crippen LogP contribution in [0.2, 0.25) is 5.02 Å². The molecule has 2 N–H and O–H groups in total. The van der Waals surface area contributed by atoms with Crippen LogP contribution in [-0.2, 0) is 28.3 Å². The smallest absolute Gasteiger partial charge is 0.240 e. The van der Waals surface area contributed by atoms with Crippen molar-refractivity contribution in [2.45, 2.75) is 18.2 Å². The first-order valence-corrected chi connectivity index (χ1v) is 10.1. The third kappa shape index (κ3) is 4.29. The fraction of sp³-hybridized carbons (Fsp3) is 0.222. The first-order valence-electron chi connectivity index (χ1n) is 8.23. The molecule has 0 spiro atoms. The summed E-state index contributed by atoms with van der Waals surface area (Å²) in [5.74, 6) is -0.282. The molecule has 0 unspecified atom stereocenters. The Balaban J connectivity index is 1.71. The third-order valence-corrected chi connectivity index (χ3v) is 5.84. The van der Waals surface area contributed by atoms with Crippen molar-refractivity contribution in [3.63, 3.8) is 0 Å². The number of pyridine rings is 1. The zero-order valence-corrected chi connectivity index (χ0v) is 16.4. The average Bonchev–Trinajstić information content (AvgIpc) is 2.93. The van der Waals surface area contributed by atoms with Gasteiger partial charge in [0.1, 0.15) is 5.65 Å². The number of hydrogen-bond acceptors (Lipinski definition) is 4. The normalized spacial score (nSPS) is 11.7. The van der Waals surface area contributed by atoms with Gasteiger partial charge in [0.05, 0.1) is 15.6 Å². The number of benzene rings is 1. The number of nitrogens with one attached hydrogen (secondary N) is 2. The van der Waals surface area contributed by atoms with Crippen LogP contribution in [0.25, 0.3) is 11.0 Å². The Morgan fingerprint density at radius 2 is 2.07 bits per heavy atom. The summed E-state index contributed by atoms with van der Waals surface area (Å²) in [4.78, 5) is 15.5. The molecular formula is C18H19ClN4O3S. The summed E-state index contributed by atoms with van der Waals surface area (Å²) in [5.41, 5.74) is 2.24. The standard InChI is InChI=1S/C18H19ClN4O3S/c1-12(24)22-17-6-5-14(10-16(17)19)27(25,26)21-9-7-13-11-23(2)18-15(13)4-3-8-20-18/h3-6,8,10-11,21H,7,9H2,1-2H3,(H,22,24). The Morgan fingerprint density at radius 3 is 2.78 bits per heavy atom. The molecule has 2 aromatic heterocycles. The third-order valence-electron chi connectivity index (χ3n) is 4.06. The minimum Gasteiger partial charge on any atom is -0.335 e. The molecule has 0 saturated heterocycles. The number of aromatic nitrogens is 2. The lowest BCUT2D eigenvalue weighted by Gasteiger charge is -2.09. The van der Waals surface area contributed by atoms with Crippen molar-refractivity contribution >= 4 is 44.3 Å². The van der Waals surface area contributed by atoms with Gasteiger partial charge < -0.3 is 9.88 Å². The summed E-state index contributed by atoms with van der Waals surface area (Å²) < 4.78 is 29.5. The maximum absolute atomic E-state index is 12.5. The highest BCUT2D eigenvalue weighted by atomic mass is 35.5. The highest BCUT2D eigenvalue weighted by molar-refractivity contribution is 7.89. The molecule has 0 fully saturated rings. The van der Waals surface area contributed by atoms with Crippen LogP contribution in [0.4, 0.5) is 5.69 Å². The number of nitrogens with zero attached hydrogens (tertiary/aromatic N) is 2. The molecule has 27 heavy (non-hydrogen) atoms. The summed E-state index contributed by atoms with van der Waals surface area (Å²) in [6, 6.07) is 8.01. The molecule has 142 valence electrons. The first-order chi connectivity index (χ1) is 12.8. The fourth-order valence-corrected chi connectivity index (χ4v) is 4.20. The molecular weight excluding hydrogens is 388 g/mol. The van der Waals surface area contributed by atoms with Crippen LogP contribution in [0.15, 0.2) is 47.6 Å². The summed E-state index contributed by atoms with van der Waals surface area (Å²) in [6.45, 7) is 1.59. The van der Waals surface area contributed by atoms with Crippen LogP contribution in [-0.4, -0.2) is 30.4 Å². The van der Waals surface area contributed by atoms with E-state index >= 15 is 0 Å². The van der Waals surface area contributed by atoms with E-state index in [1.54, 1.807) is 6.20 Å². The molecule has 0 aliphatic carbocycles. The first kappa shape index (κ1) is 19.3. The zero-order chi connectivity index (χ0) is 19.6. The van der Waals surface area contributed by atoms with Crippen molar-refractivity contribution in [1.29, 1.82) is 0 Å². The quantitative estimate of drug-likeness (QED) is 0.658. The van der Waals surface area contributed by atoms with E-state index in [0.29, 0.717) is 12.1 Å². The summed E-state index contributed by atoms with van der Waals surface area (Å²) in [5, 5.41) is 3.70. The van der Waals surface area contributed by atoms with Gasteiger partial charge in [-0.25, -0.2) is 18.1 Å². The number of sulfonamides is 1. The van der Waals surface area contributed by atoms with Gasteiger partial charge in [0.2, 0.25) is 15.9 Å².